The number of aromatic hydroxyl groups is 1. The first kappa shape index (κ1) is 17.7. The molecule has 0 radical (unpaired) electrons. The number of amides is 1. The Hall–Kier alpha value is -2.09. The predicted molar refractivity (Wildman–Crippen MR) is 83.8 cm³/mol. The molecule has 2 N–H and O–H groups in total. The van der Waals surface area contributed by atoms with Gasteiger partial charge >= 0.3 is 6.18 Å². The summed E-state index contributed by atoms with van der Waals surface area (Å²) in [6.07, 6.45) is -3.26. The van der Waals surface area contributed by atoms with Crippen molar-refractivity contribution >= 4 is 11.6 Å². The van der Waals surface area contributed by atoms with Crippen molar-refractivity contribution in [2.24, 2.45) is 16.9 Å². The summed E-state index contributed by atoms with van der Waals surface area (Å²) in [5.41, 5.74) is -3.54. The highest BCUT2D eigenvalue weighted by atomic mass is 19.4. The highest BCUT2D eigenvalue weighted by Gasteiger charge is 2.69. The van der Waals surface area contributed by atoms with E-state index >= 15 is 0 Å². The number of phenolic OH excluding ortho intramolecular Hbond substituents is 1. The number of carbonyl (C=O) groups excluding carboxylic acids is 1. The number of hydrazone groups is 1. The van der Waals surface area contributed by atoms with Crippen LogP contribution in [0.15, 0.2) is 29.4 Å². The van der Waals surface area contributed by atoms with Gasteiger partial charge in [-0.15, -0.1) is 0 Å². The third-order valence-electron chi connectivity index (χ3n) is 5.14. The molecule has 136 valence electrons. The minimum Gasteiger partial charge on any atom is -0.507 e. The Morgan fingerprint density at radius 2 is 2.08 bits per heavy atom. The van der Waals surface area contributed by atoms with Crippen LogP contribution in [0.4, 0.5) is 13.2 Å². The van der Waals surface area contributed by atoms with Gasteiger partial charge in [0, 0.05) is 5.71 Å². The Morgan fingerprint density at radius 3 is 2.68 bits per heavy atom. The fourth-order valence-corrected chi connectivity index (χ4v) is 3.64. The zero-order valence-corrected chi connectivity index (χ0v) is 13.6. The number of rotatable bonds is 2. The molecular formula is C17H19F3N2O3. The average molecular weight is 356 g/mol. The van der Waals surface area contributed by atoms with Gasteiger partial charge in [0.2, 0.25) is 0 Å². The van der Waals surface area contributed by atoms with Gasteiger partial charge in [0.25, 0.3) is 11.6 Å². The highest BCUT2D eigenvalue weighted by Crippen LogP contribution is 2.50. The van der Waals surface area contributed by atoms with E-state index in [1.807, 2.05) is 6.92 Å². The summed E-state index contributed by atoms with van der Waals surface area (Å²) < 4.78 is 41.4. The van der Waals surface area contributed by atoms with E-state index in [0.717, 1.165) is 0 Å². The lowest BCUT2D eigenvalue weighted by atomic mass is 9.74. The summed E-state index contributed by atoms with van der Waals surface area (Å²) in [7, 11) is 0. The summed E-state index contributed by atoms with van der Waals surface area (Å²) in [6.45, 7) is 1.89. The van der Waals surface area contributed by atoms with E-state index in [1.54, 1.807) is 0 Å². The van der Waals surface area contributed by atoms with Gasteiger partial charge in [-0.3, -0.25) is 4.79 Å². The van der Waals surface area contributed by atoms with Crippen molar-refractivity contribution in [3.05, 3.63) is 29.8 Å². The van der Waals surface area contributed by atoms with Crippen molar-refractivity contribution in [2.45, 2.75) is 44.5 Å². The van der Waals surface area contributed by atoms with Gasteiger partial charge in [-0.1, -0.05) is 25.5 Å². The topological polar surface area (TPSA) is 73.1 Å². The minimum absolute atomic E-state index is 0.0398. The molecule has 8 heteroatoms. The smallest absolute Gasteiger partial charge is 0.439 e. The molecule has 1 aliphatic carbocycles. The van der Waals surface area contributed by atoms with E-state index in [1.165, 1.54) is 24.3 Å². The van der Waals surface area contributed by atoms with Gasteiger partial charge in [-0.2, -0.15) is 23.3 Å². The summed E-state index contributed by atoms with van der Waals surface area (Å²) in [5.74, 6) is -2.87. The molecule has 0 bridgehead atoms. The largest absolute Gasteiger partial charge is 0.507 e. The molecule has 1 heterocycles. The molecule has 25 heavy (non-hydrogen) atoms. The van der Waals surface area contributed by atoms with Crippen LogP contribution in [0.5, 0.6) is 5.75 Å². The van der Waals surface area contributed by atoms with E-state index in [0.29, 0.717) is 19.3 Å². The van der Waals surface area contributed by atoms with E-state index in [4.69, 9.17) is 0 Å². The van der Waals surface area contributed by atoms with Crippen LogP contribution < -0.4 is 0 Å². The number of nitrogens with zero attached hydrogens (tertiary/aromatic N) is 2. The number of carbonyl (C=O) groups is 1. The second kappa shape index (κ2) is 6.01. The van der Waals surface area contributed by atoms with Crippen molar-refractivity contribution in [1.82, 2.24) is 5.01 Å². The van der Waals surface area contributed by atoms with Crippen LogP contribution >= 0.6 is 0 Å². The molecule has 0 spiro atoms. The molecule has 0 aromatic heterocycles. The molecule has 3 unspecified atom stereocenters. The summed E-state index contributed by atoms with van der Waals surface area (Å²) in [4.78, 5) is 12.6. The standard InChI is InChI=1S/C17H19F3N2O3/c1-2-10-7-8-13-12(9-10)16(25,17(18,19)20)22(21-13)15(24)11-5-3-4-6-14(11)23/h3-6,10,12,23,25H,2,7-9H2,1H3. The molecule has 0 saturated heterocycles. The number of fused-ring (bicyclic) bond motifs is 1. The normalized spacial score (nSPS) is 29.3. The van der Waals surface area contributed by atoms with Crippen molar-refractivity contribution in [2.75, 3.05) is 0 Å². The van der Waals surface area contributed by atoms with Crippen molar-refractivity contribution in [1.29, 1.82) is 0 Å². The SMILES string of the molecule is CCC1CCC2=NN(C(=O)c3ccccc3O)C(O)(C(F)(F)F)C2C1. The van der Waals surface area contributed by atoms with Crippen LogP contribution in [-0.2, 0) is 0 Å². The molecule has 1 aromatic carbocycles. The fourth-order valence-electron chi connectivity index (χ4n) is 3.64. The zero-order chi connectivity index (χ0) is 18.4. The van der Waals surface area contributed by atoms with Gasteiger partial charge < -0.3 is 10.2 Å². The Labute approximate surface area is 142 Å². The lowest BCUT2D eigenvalue weighted by Crippen LogP contribution is -2.61. The summed E-state index contributed by atoms with van der Waals surface area (Å²) >= 11 is 0. The monoisotopic (exact) mass is 356 g/mol. The van der Waals surface area contributed by atoms with Crippen LogP contribution in [-0.4, -0.2) is 38.7 Å². The fraction of sp³-hybridized carbons (Fsp3) is 0.529. The molecule has 3 rings (SSSR count). The maximum absolute atomic E-state index is 13.8. The summed E-state index contributed by atoms with van der Waals surface area (Å²) in [6, 6.07) is 5.27. The van der Waals surface area contributed by atoms with Crippen molar-refractivity contribution in [3.63, 3.8) is 0 Å². The van der Waals surface area contributed by atoms with E-state index < -0.39 is 29.5 Å². The number of benzene rings is 1. The molecule has 1 aliphatic heterocycles. The van der Waals surface area contributed by atoms with E-state index in [2.05, 4.69) is 5.10 Å². The number of alkyl halides is 3. The third kappa shape index (κ3) is 2.68. The third-order valence-corrected chi connectivity index (χ3v) is 5.14. The highest BCUT2D eigenvalue weighted by molar-refractivity contribution is 6.01. The minimum atomic E-state index is -5.07. The molecule has 1 fully saturated rings. The van der Waals surface area contributed by atoms with Crippen LogP contribution in [0.2, 0.25) is 0 Å². The van der Waals surface area contributed by atoms with Gasteiger partial charge in [0.15, 0.2) is 0 Å². The number of hydrogen-bond donors (Lipinski definition) is 2. The lowest BCUT2D eigenvalue weighted by Gasteiger charge is -2.39. The molecule has 2 aliphatic rings. The van der Waals surface area contributed by atoms with Gasteiger partial charge in [-0.25, -0.2) is 0 Å². The molecule has 3 atom stereocenters. The molecular weight excluding hydrogens is 337 g/mol. The Balaban J connectivity index is 2.05. The first-order valence-electron chi connectivity index (χ1n) is 8.19. The van der Waals surface area contributed by atoms with Crippen LogP contribution in [0.3, 0.4) is 0 Å². The lowest BCUT2D eigenvalue weighted by molar-refractivity contribution is -0.313. The zero-order valence-electron chi connectivity index (χ0n) is 13.6. The average Bonchev–Trinajstić information content (AvgIpc) is 2.88. The van der Waals surface area contributed by atoms with Crippen LogP contribution in [0, 0.1) is 11.8 Å². The van der Waals surface area contributed by atoms with Crippen molar-refractivity contribution < 1.29 is 28.2 Å². The van der Waals surface area contributed by atoms with Crippen molar-refractivity contribution in [3.8, 4) is 5.75 Å². The molecule has 1 amide bonds. The van der Waals surface area contributed by atoms with Gasteiger partial charge in [-0.05, 0) is 37.3 Å². The second-order valence-electron chi connectivity index (χ2n) is 6.55. The van der Waals surface area contributed by atoms with Crippen LogP contribution in [0.25, 0.3) is 0 Å². The maximum Gasteiger partial charge on any atom is 0.439 e. The van der Waals surface area contributed by atoms with Crippen LogP contribution in [0.1, 0.15) is 43.0 Å². The second-order valence-corrected chi connectivity index (χ2v) is 6.55. The van der Waals surface area contributed by atoms with E-state index in [-0.39, 0.29) is 28.6 Å². The summed E-state index contributed by atoms with van der Waals surface area (Å²) in [5, 5.41) is 24.3. The number of para-hydroxylation sites is 1. The van der Waals surface area contributed by atoms with Gasteiger partial charge in [0.05, 0.1) is 11.5 Å². The van der Waals surface area contributed by atoms with E-state index in [9.17, 15) is 28.2 Å². The number of hydrogen-bond acceptors (Lipinski definition) is 4. The Bertz CT molecular complexity index is 719. The molecule has 1 aromatic rings. The number of aliphatic hydroxyl groups is 1. The maximum atomic E-state index is 13.8. The number of phenols is 1. The predicted octanol–water partition coefficient (Wildman–Crippen LogP) is 3.28. The first-order chi connectivity index (χ1) is 11.7. The Kier molecular flexibility index (Phi) is 4.26. The molecule has 5 nitrogen and oxygen atoms in total. The first-order valence-corrected chi connectivity index (χ1v) is 8.19. The number of halogens is 3. The molecule has 1 saturated carbocycles. The quantitative estimate of drug-likeness (QED) is 0.854. The Morgan fingerprint density at radius 1 is 1.40 bits per heavy atom. The van der Waals surface area contributed by atoms with Gasteiger partial charge in [0.1, 0.15) is 5.75 Å².